The number of piperidine rings is 1. The monoisotopic (exact) mass is 413 g/mol. The lowest BCUT2D eigenvalue weighted by molar-refractivity contribution is -0.153. The molecular weight excluding hydrogens is 406 g/mol. The average Bonchev–Trinajstić information content (AvgIpc) is 2.91. The number of hydrogen-bond donors (Lipinski definition) is 0. The van der Waals surface area contributed by atoms with Crippen LogP contribution < -0.4 is 0 Å². The number of carbonyl (C=O) groups excluding carboxylic acids is 2. The van der Waals surface area contributed by atoms with Crippen molar-refractivity contribution >= 4 is 60.8 Å². The molecule has 0 saturated carbocycles. The van der Waals surface area contributed by atoms with Crippen molar-refractivity contribution in [3.05, 3.63) is 14.9 Å². The third-order valence-electron chi connectivity index (χ3n) is 3.60. The molecule has 0 N–H and O–H groups in total. The Morgan fingerprint density at radius 2 is 2.00 bits per heavy atom. The highest BCUT2D eigenvalue weighted by Gasteiger charge is 2.49. The molecule has 0 bridgehead atoms. The van der Waals surface area contributed by atoms with E-state index in [-0.39, 0.29) is 23.7 Å². The van der Waals surface area contributed by atoms with Crippen molar-refractivity contribution in [3.8, 4) is 0 Å². The highest BCUT2D eigenvalue weighted by atomic mass is 79.9. The second-order valence-corrected chi connectivity index (χ2v) is 9.73. The van der Waals surface area contributed by atoms with Gasteiger partial charge in [-0.1, -0.05) is 11.6 Å². The molecule has 2 saturated heterocycles. The van der Waals surface area contributed by atoms with E-state index in [1.165, 1.54) is 10.4 Å². The molecule has 0 radical (unpaired) electrons. The molecule has 114 valence electrons. The lowest BCUT2D eigenvalue weighted by Crippen LogP contribution is -2.44. The molecule has 0 aliphatic carbocycles. The molecule has 10 heteroatoms. The van der Waals surface area contributed by atoms with E-state index < -0.39 is 33.8 Å². The van der Waals surface area contributed by atoms with Gasteiger partial charge in [-0.25, -0.2) is 8.42 Å². The van der Waals surface area contributed by atoms with Crippen LogP contribution >= 0.6 is 38.9 Å². The summed E-state index contributed by atoms with van der Waals surface area (Å²) in [6, 6.07) is 1.37. The van der Waals surface area contributed by atoms with Crippen LogP contribution in [0.3, 0.4) is 0 Å². The summed E-state index contributed by atoms with van der Waals surface area (Å²) in [6.07, 6.45) is 0.286. The lowest BCUT2D eigenvalue weighted by Gasteiger charge is -2.30. The molecule has 3 heterocycles. The van der Waals surface area contributed by atoms with Crippen LogP contribution in [0.1, 0.15) is 6.42 Å². The van der Waals surface area contributed by atoms with Gasteiger partial charge in [0.2, 0.25) is 0 Å². The van der Waals surface area contributed by atoms with Crippen LogP contribution in [0.4, 0.5) is 0 Å². The third-order valence-corrected chi connectivity index (χ3v) is 8.39. The number of nitrogens with zero attached hydrogens (tertiary/aromatic N) is 1. The first-order chi connectivity index (χ1) is 9.80. The number of thiophene rings is 1. The van der Waals surface area contributed by atoms with Crippen molar-refractivity contribution in [1.29, 1.82) is 0 Å². The van der Waals surface area contributed by atoms with Gasteiger partial charge in [-0.3, -0.25) is 9.59 Å². The summed E-state index contributed by atoms with van der Waals surface area (Å²) in [5, 5.41) is 0.323. The summed E-state index contributed by atoms with van der Waals surface area (Å²) in [6.45, 7) is 0.143. The first-order valence-electron chi connectivity index (χ1n) is 6.01. The summed E-state index contributed by atoms with van der Waals surface area (Å²) in [7, 11) is -3.72. The van der Waals surface area contributed by atoms with Gasteiger partial charge < -0.3 is 4.74 Å². The van der Waals surface area contributed by atoms with E-state index in [1.54, 1.807) is 0 Å². The quantitative estimate of drug-likeness (QED) is 0.545. The number of cyclic esters (lactones) is 2. The molecule has 3 rings (SSSR count). The van der Waals surface area contributed by atoms with E-state index in [4.69, 9.17) is 11.6 Å². The van der Waals surface area contributed by atoms with Crippen molar-refractivity contribution in [2.24, 2.45) is 11.8 Å². The second kappa shape index (κ2) is 5.31. The van der Waals surface area contributed by atoms with Gasteiger partial charge in [0.1, 0.15) is 4.21 Å². The van der Waals surface area contributed by atoms with E-state index in [0.29, 0.717) is 8.81 Å². The number of sulfonamides is 1. The summed E-state index contributed by atoms with van der Waals surface area (Å²) in [5.41, 5.74) is 0. The second-order valence-electron chi connectivity index (χ2n) is 4.79. The molecule has 1 aromatic rings. The summed E-state index contributed by atoms with van der Waals surface area (Å²) in [5.74, 6) is -2.43. The van der Waals surface area contributed by atoms with E-state index >= 15 is 0 Å². The van der Waals surface area contributed by atoms with Gasteiger partial charge in [0.25, 0.3) is 10.0 Å². The minimum Gasteiger partial charge on any atom is -0.393 e. The first-order valence-corrected chi connectivity index (χ1v) is 9.44. The Hall–Kier alpha value is -0.480. The topological polar surface area (TPSA) is 80.8 Å². The molecule has 0 spiro atoms. The summed E-state index contributed by atoms with van der Waals surface area (Å²) in [4.78, 5) is 23.1. The number of carbonyl (C=O) groups is 2. The Balaban J connectivity index is 1.88. The largest absolute Gasteiger partial charge is 0.393 e. The Morgan fingerprint density at radius 3 is 2.62 bits per heavy atom. The first kappa shape index (κ1) is 15.4. The fourth-order valence-corrected chi connectivity index (χ4v) is 6.53. The van der Waals surface area contributed by atoms with Gasteiger partial charge in [-0.15, -0.1) is 11.3 Å². The average molecular weight is 415 g/mol. The highest BCUT2D eigenvalue weighted by molar-refractivity contribution is 9.11. The summed E-state index contributed by atoms with van der Waals surface area (Å²) >= 11 is 10.1. The van der Waals surface area contributed by atoms with Gasteiger partial charge in [-0.2, -0.15) is 4.31 Å². The zero-order valence-electron chi connectivity index (χ0n) is 10.4. The zero-order chi connectivity index (χ0) is 15.4. The standard InChI is InChI=1S/C11H9BrClNO5S2/c12-9-7(13)3-8(20-9)21(17,18)14-2-1-5-6(4-14)11(16)19-10(5)15/h3,5-6H,1-2,4H2. The van der Waals surface area contributed by atoms with Crippen molar-refractivity contribution in [2.75, 3.05) is 13.1 Å². The Morgan fingerprint density at radius 1 is 1.33 bits per heavy atom. The molecular formula is C11H9BrClNO5S2. The molecule has 21 heavy (non-hydrogen) atoms. The molecule has 6 nitrogen and oxygen atoms in total. The zero-order valence-corrected chi connectivity index (χ0v) is 14.4. The van der Waals surface area contributed by atoms with E-state index in [0.717, 1.165) is 11.3 Å². The number of rotatable bonds is 2. The highest BCUT2D eigenvalue weighted by Crippen LogP contribution is 2.38. The maximum Gasteiger partial charge on any atom is 0.318 e. The molecule has 0 amide bonds. The van der Waals surface area contributed by atoms with Crippen LogP contribution in [-0.4, -0.2) is 37.8 Å². The predicted molar refractivity (Wildman–Crippen MR) is 78.5 cm³/mol. The molecule has 2 atom stereocenters. The third kappa shape index (κ3) is 2.55. The number of halogens is 2. The molecule has 2 aliphatic rings. The fraction of sp³-hybridized carbons (Fsp3) is 0.455. The van der Waals surface area contributed by atoms with Gasteiger partial charge in [0.15, 0.2) is 0 Å². The maximum absolute atomic E-state index is 12.5. The van der Waals surface area contributed by atoms with E-state index in [2.05, 4.69) is 20.7 Å². The van der Waals surface area contributed by atoms with Crippen LogP contribution in [0.25, 0.3) is 0 Å². The van der Waals surface area contributed by atoms with Gasteiger partial charge in [0, 0.05) is 13.1 Å². The SMILES string of the molecule is O=C1OC(=O)C2CN(S(=O)(=O)c3cc(Cl)c(Br)s3)CCC12. The number of fused-ring (bicyclic) bond motifs is 1. The van der Waals surface area contributed by atoms with E-state index in [9.17, 15) is 18.0 Å². The molecule has 2 fully saturated rings. The van der Waals surface area contributed by atoms with Gasteiger partial charge >= 0.3 is 11.9 Å². The Bertz CT molecular complexity index is 711. The molecule has 1 aromatic heterocycles. The van der Waals surface area contributed by atoms with Crippen LogP contribution in [0.15, 0.2) is 14.1 Å². The molecule has 2 unspecified atom stereocenters. The van der Waals surface area contributed by atoms with Gasteiger partial charge in [0.05, 0.1) is 20.6 Å². The van der Waals surface area contributed by atoms with Crippen LogP contribution in [-0.2, 0) is 24.3 Å². The van der Waals surface area contributed by atoms with Crippen LogP contribution in [0.5, 0.6) is 0 Å². The Kier molecular flexibility index (Phi) is 3.90. The Labute approximate surface area is 138 Å². The predicted octanol–water partition coefficient (Wildman–Crippen LogP) is 1.87. The normalized spacial score (nSPS) is 26.8. The van der Waals surface area contributed by atoms with Crippen molar-refractivity contribution in [3.63, 3.8) is 0 Å². The van der Waals surface area contributed by atoms with Crippen molar-refractivity contribution < 1.29 is 22.7 Å². The summed E-state index contributed by atoms with van der Waals surface area (Å²) < 4.78 is 31.5. The maximum atomic E-state index is 12.5. The smallest absolute Gasteiger partial charge is 0.318 e. The van der Waals surface area contributed by atoms with Crippen LogP contribution in [0, 0.1) is 11.8 Å². The van der Waals surface area contributed by atoms with E-state index in [1.807, 2.05) is 0 Å². The molecule has 0 aromatic carbocycles. The van der Waals surface area contributed by atoms with Crippen molar-refractivity contribution in [1.82, 2.24) is 4.31 Å². The van der Waals surface area contributed by atoms with Gasteiger partial charge in [-0.05, 0) is 28.4 Å². The fourth-order valence-electron chi connectivity index (χ4n) is 2.49. The lowest BCUT2D eigenvalue weighted by atomic mass is 9.89. The minimum atomic E-state index is -3.72. The molecule has 2 aliphatic heterocycles. The van der Waals surface area contributed by atoms with Crippen molar-refractivity contribution in [2.45, 2.75) is 10.6 Å². The number of esters is 2. The minimum absolute atomic E-state index is 0.0370. The number of hydrogen-bond acceptors (Lipinski definition) is 6. The van der Waals surface area contributed by atoms with Crippen LogP contribution in [0.2, 0.25) is 5.02 Å². The number of ether oxygens (including phenoxy) is 1.